The molecule has 10 heteroatoms. The van der Waals surface area contributed by atoms with E-state index >= 15 is 0 Å². The molecule has 194 valence electrons. The van der Waals surface area contributed by atoms with Crippen molar-refractivity contribution in [2.45, 2.75) is 84.1 Å². The summed E-state index contributed by atoms with van der Waals surface area (Å²) in [4.78, 5) is 26.9. The summed E-state index contributed by atoms with van der Waals surface area (Å²) in [6.07, 6.45) is -2.34. The van der Waals surface area contributed by atoms with Gasteiger partial charge in [0.2, 0.25) is 6.43 Å². The second-order valence-corrected chi connectivity index (χ2v) is 10.6. The molecule has 0 spiro atoms. The van der Waals surface area contributed by atoms with Gasteiger partial charge < -0.3 is 18.8 Å². The van der Waals surface area contributed by atoms with Crippen molar-refractivity contribution < 1.29 is 37.2 Å². The van der Waals surface area contributed by atoms with Gasteiger partial charge in [-0.3, -0.25) is 4.90 Å². The number of carbonyl (C=O) groups is 2. The summed E-state index contributed by atoms with van der Waals surface area (Å²) in [5, 5.41) is 0. The van der Waals surface area contributed by atoms with Gasteiger partial charge in [0.25, 0.3) is 0 Å². The average molecular weight is 495 g/mol. The highest BCUT2D eigenvalue weighted by molar-refractivity contribution is 6.45. The van der Waals surface area contributed by atoms with E-state index in [9.17, 15) is 18.4 Å². The number of halogens is 2. The molecule has 0 unspecified atom stereocenters. The normalized spacial score (nSPS) is 27.3. The molecule has 2 saturated heterocycles. The minimum absolute atomic E-state index is 0.0257. The van der Waals surface area contributed by atoms with E-state index in [-0.39, 0.29) is 19.6 Å². The van der Waals surface area contributed by atoms with Crippen LogP contribution in [0.3, 0.4) is 0 Å². The number of esters is 1. The fourth-order valence-corrected chi connectivity index (χ4v) is 5.00. The Morgan fingerprint density at radius 1 is 1.11 bits per heavy atom. The smallest absolute Gasteiger partial charge is 0.457 e. The van der Waals surface area contributed by atoms with Crippen LogP contribution in [0.25, 0.3) is 0 Å². The molecule has 0 aromatic heterocycles. The molecule has 2 aliphatic rings. The Morgan fingerprint density at radius 3 is 2.26 bits per heavy atom. The Morgan fingerprint density at radius 2 is 1.71 bits per heavy atom. The number of ether oxygens (including phenoxy) is 2. The summed E-state index contributed by atoms with van der Waals surface area (Å²) in [6, 6.07) is 7.84. The van der Waals surface area contributed by atoms with Gasteiger partial charge >= 0.3 is 19.2 Å². The zero-order valence-corrected chi connectivity index (χ0v) is 21.4. The van der Waals surface area contributed by atoms with Crippen molar-refractivity contribution in [2.75, 3.05) is 13.7 Å². The van der Waals surface area contributed by atoms with Crippen molar-refractivity contribution in [3.63, 3.8) is 0 Å². The fourth-order valence-electron chi connectivity index (χ4n) is 5.00. The van der Waals surface area contributed by atoms with Crippen LogP contribution >= 0.6 is 0 Å². The second-order valence-electron chi connectivity index (χ2n) is 10.6. The molecule has 0 radical (unpaired) electrons. The molecule has 0 bridgehead atoms. The predicted molar refractivity (Wildman–Crippen MR) is 127 cm³/mol. The maximum Gasteiger partial charge on any atom is 0.457 e. The van der Waals surface area contributed by atoms with Crippen LogP contribution in [0.4, 0.5) is 13.6 Å². The van der Waals surface area contributed by atoms with Gasteiger partial charge in [-0.2, -0.15) is 0 Å². The third-order valence-corrected chi connectivity index (χ3v) is 7.80. The van der Waals surface area contributed by atoms with Gasteiger partial charge in [-0.05, 0) is 46.0 Å². The van der Waals surface area contributed by atoms with Crippen LogP contribution in [-0.2, 0) is 30.2 Å². The van der Waals surface area contributed by atoms with Crippen molar-refractivity contribution in [1.29, 1.82) is 0 Å². The largest absolute Gasteiger partial charge is 0.467 e. The van der Waals surface area contributed by atoms with Gasteiger partial charge in [0.15, 0.2) is 0 Å². The number of benzene rings is 1. The Kier molecular flexibility index (Phi) is 8.16. The topological polar surface area (TPSA) is 74.3 Å². The monoisotopic (exact) mass is 495 g/mol. The van der Waals surface area contributed by atoms with Crippen LogP contribution in [0.15, 0.2) is 30.3 Å². The van der Waals surface area contributed by atoms with E-state index in [0.717, 1.165) is 10.5 Å². The lowest BCUT2D eigenvalue weighted by molar-refractivity contribution is -0.149. The highest BCUT2D eigenvalue weighted by Crippen LogP contribution is 2.49. The van der Waals surface area contributed by atoms with Crippen molar-refractivity contribution in [3.8, 4) is 0 Å². The summed E-state index contributed by atoms with van der Waals surface area (Å²) < 4.78 is 50.8. The highest BCUT2D eigenvalue weighted by atomic mass is 19.3. The standard InChI is InChI=1S/C25H36BF2NO6/c1-23(2)24(3,4)35-26(34-23)14-10-13-25(5)18(20(27)28)15-29(19(25)21(30)32-6)22(31)33-16-17-11-8-7-9-12-17/h7-9,11-12,18-20H,10,13-16H2,1-6H3/t18-,19-,25-/m1/s1. The molecule has 2 heterocycles. The first-order valence-electron chi connectivity index (χ1n) is 12.0. The molecule has 0 saturated carbocycles. The van der Waals surface area contributed by atoms with Crippen LogP contribution in [0.2, 0.25) is 6.32 Å². The van der Waals surface area contributed by atoms with Crippen molar-refractivity contribution in [3.05, 3.63) is 35.9 Å². The third kappa shape index (κ3) is 5.64. The van der Waals surface area contributed by atoms with Gasteiger partial charge in [0, 0.05) is 17.9 Å². The summed E-state index contributed by atoms with van der Waals surface area (Å²) in [5.74, 6) is -1.95. The summed E-state index contributed by atoms with van der Waals surface area (Å²) in [7, 11) is 0.717. The van der Waals surface area contributed by atoms with Crippen molar-refractivity contribution in [1.82, 2.24) is 4.90 Å². The molecule has 0 aliphatic carbocycles. The first-order valence-corrected chi connectivity index (χ1v) is 12.0. The SMILES string of the molecule is COC(=O)[C@H]1N(C(=O)OCc2ccccc2)C[C@H](C(F)F)[C@@]1(C)CCCB1OC(C)(C)C(C)(C)O1. The Bertz CT molecular complexity index is 883. The van der Waals surface area contributed by atoms with Gasteiger partial charge in [0.1, 0.15) is 12.6 Å². The van der Waals surface area contributed by atoms with Crippen LogP contribution in [0.1, 0.15) is 53.0 Å². The van der Waals surface area contributed by atoms with Gasteiger partial charge in [-0.25, -0.2) is 18.4 Å². The van der Waals surface area contributed by atoms with Crippen molar-refractivity contribution in [2.24, 2.45) is 11.3 Å². The van der Waals surface area contributed by atoms with E-state index in [1.165, 1.54) is 7.11 Å². The predicted octanol–water partition coefficient (Wildman–Crippen LogP) is 4.94. The maximum atomic E-state index is 14.2. The van der Waals surface area contributed by atoms with Crippen LogP contribution in [-0.4, -0.2) is 61.4 Å². The lowest BCUT2D eigenvalue weighted by Gasteiger charge is -2.35. The fraction of sp³-hybridized carbons (Fsp3) is 0.680. The molecule has 1 aromatic carbocycles. The number of amides is 1. The first-order chi connectivity index (χ1) is 16.3. The van der Waals surface area contributed by atoms with Crippen LogP contribution < -0.4 is 0 Å². The van der Waals surface area contributed by atoms with E-state index in [4.69, 9.17) is 18.8 Å². The quantitative estimate of drug-likeness (QED) is 0.376. The van der Waals surface area contributed by atoms with E-state index in [0.29, 0.717) is 12.7 Å². The number of hydrogen-bond acceptors (Lipinski definition) is 6. The molecule has 0 N–H and O–H groups in total. The number of nitrogens with zero attached hydrogens (tertiary/aromatic N) is 1. The minimum atomic E-state index is -2.73. The zero-order valence-electron chi connectivity index (χ0n) is 21.4. The summed E-state index contributed by atoms with van der Waals surface area (Å²) in [5.41, 5.74) is -1.44. The molecule has 35 heavy (non-hydrogen) atoms. The zero-order chi connectivity index (χ0) is 26.0. The van der Waals surface area contributed by atoms with Gasteiger partial charge in [-0.1, -0.05) is 43.7 Å². The lowest BCUT2D eigenvalue weighted by Crippen LogP contribution is -2.48. The molecule has 1 amide bonds. The molecule has 3 rings (SSSR count). The molecule has 3 atom stereocenters. The number of hydrogen-bond donors (Lipinski definition) is 0. The number of carbonyl (C=O) groups excluding carboxylic acids is 2. The number of alkyl halides is 2. The molecule has 1 aromatic rings. The number of rotatable bonds is 8. The van der Waals surface area contributed by atoms with Gasteiger partial charge in [-0.15, -0.1) is 0 Å². The van der Waals surface area contributed by atoms with E-state index in [1.807, 2.05) is 33.8 Å². The molecular formula is C25H36BF2NO6. The Labute approximate surface area is 206 Å². The summed E-state index contributed by atoms with van der Waals surface area (Å²) in [6.45, 7) is 9.10. The first kappa shape index (κ1) is 27.4. The molecular weight excluding hydrogens is 459 g/mol. The van der Waals surface area contributed by atoms with E-state index in [2.05, 4.69) is 0 Å². The van der Waals surface area contributed by atoms with E-state index < -0.39 is 54.2 Å². The van der Waals surface area contributed by atoms with Gasteiger partial charge in [0.05, 0.1) is 18.3 Å². The van der Waals surface area contributed by atoms with Crippen LogP contribution in [0, 0.1) is 11.3 Å². The third-order valence-electron chi connectivity index (χ3n) is 7.80. The van der Waals surface area contributed by atoms with Crippen molar-refractivity contribution >= 4 is 19.2 Å². The highest BCUT2D eigenvalue weighted by Gasteiger charge is 2.59. The molecule has 2 aliphatic heterocycles. The number of methoxy groups -OCH3 is 1. The molecule has 7 nitrogen and oxygen atoms in total. The Balaban J connectivity index is 1.74. The number of likely N-dealkylation sites (tertiary alicyclic amines) is 1. The van der Waals surface area contributed by atoms with E-state index in [1.54, 1.807) is 31.2 Å². The average Bonchev–Trinajstić information content (AvgIpc) is 3.21. The second kappa shape index (κ2) is 10.4. The lowest BCUT2D eigenvalue weighted by atomic mass is 9.69. The van der Waals surface area contributed by atoms with Crippen LogP contribution in [0.5, 0.6) is 0 Å². The molecule has 2 fully saturated rings. The Hall–Kier alpha value is -2.20. The summed E-state index contributed by atoms with van der Waals surface area (Å²) >= 11 is 0. The minimum Gasteiger partial charge on any atom is -0.467 e. The maximum absolute atomic E-state index is 14.2.